The molecule has 0 spiro atoms. The monoisotopic (exact) mass is 533 g/mol. The van der Waals surface area contributed by atoms with Crippen molar-refractivity contribution in [1.29, 1.82) is 0 Å². The maximum Gasteiger partial charge on any atom is 0.244 e. The van der Waals surface area contributed by atoms with Crippen LogP contribution in [0, 0.1) is 6.92 Å². The largest absolute Gasteiger partial charge is 0.355 e. The molecule has 11 heteroatoms. The van der Waals surface area contributed by atoms with Crippen LogP contribution in [0.4, 0.5) is 5.69 Å². The normalized spacial score (nSPS) is 12.2. The van der Waals surface area contributed by atoms with Gasteiger partial charge in [0, 0.05) is 18.1 Å². The quantitative estimate of drug-likeness (QED) is 0.520. The van der Waals surface area contributed by atoms with Gasteiger partial charge in [0.25, 0.3) is 0 Å². The van der Waals surface area contributed by atoms with E-state index in [0.29, 0.717) is 27.2 Å². The van der Waals surface area contributed by atoms with Crippen molar-refractivity contribution in [3.63, 3.8) is 0 Å². The highest BCUT2D eigenvalue weighted by molar-refractivity contribution is 7.92. The number of nitrogens with one attached hydrogen (secondary N) is 1. The predicted molar refractivity (Wildman–Crippen MR) is 134 cm³/mol. The summed E-state index contributed by atoms with van der Waals surface area (Å²) in [4.78, 5) is 27.2. The number of benzene rings is 2. The summed E-state index contributed by atoms with van der Waals surface area (Å²) in [5, 5.41) is 3.72. The van der Waals surface area contributed by atoms with Crippen LogP contribution in [0.15, 0.2) is 36.4 Å². The Bertz CT molecular complexity index is 1140. The summed E-state index contributed by atoms with van der Waals surface area (Å²) in [6.45, 7) is 5.03. The number of rotatable bonds is 9. The Labute approximate surface area is 209 Å². The second-order valence-electron chi connectivity index (χ2n) is 7.54. The molecular formula is C22H26Cl3N3O4S. The number of halogens is 3. The first-order chi connectivity index (χ1) is 15.3. The van der Waals surface area contributed by atoms with Crippen LogP contribution in [0.1, 0.15) is 25.0 Å². The van der Waals surface area contributed by atoms with Crippen LogP contribution in [0.2, 0.25) is 15.1 Å². The molecule has 0 bridgehead atoms. The fraction of sp³-hybridized carbons (Fsp3) is 0.364. The zero-order chi connectivity index (χ0) is 24.9. The molecule has 2 aromatic rings. The Kier molecular flexibility index (Phi) is 9.43. The Morgan fingerprint density at radius 1 is 1.03 bits per heavy atom. The lowest BCUT2D eigenvalue weighted by Crippen LogP contribution is -2.51. The molecule has 0 saturated heterocycles. The van der Waals surface area contributed by atoms with Gasteiger partial charge in [0.2, 0.25) is 21.8 Å². The van der Waals surface area contributed by atoms with Crippen molar-refractivity contribution in [2.24, 2.45) is 0 Å². The maximum atomic E-state index is 13.4. The van der Waals surface area contributed by atoms with Crippen LogP contribution in [0.3, 0.4) is 0 Å². The Balaban J connectivity index is 2.42. The number of amides is 2. The van der Waals surface area contributed by atoms with Gasteiger partial charge < -0.3 is 10.2 Å². The smallest absolute Gasteiger partial charge is 0.244 e. The van der Waals surface area contributed by atoms with E-state index in [1.807, 2.05) is 0 Å². The van der Waals surface area contributed by atoms with E-state index in [1.54, 1.807) is 51.1 Å². The van der Waals surface area contributed by atoms with Crippen molar-refractivity contribution >= 4 is 62.3 Å². The fourth-order valence-corrected chi connectivity index (χ4v) is 4.43. The molecule has 0 radical (unpaired) electrons. The number of sulfonamides is 1. The molecular weight excluding hydrogens is 509 g/mol. The van der Waals surface area contributed by atoms with E-state index in [4.69, 9.17) is 34.8 Å². The molecule has 0 aliphatic rings. The average molecular weight is 535 g/mol. The van der Waals surface area contributed by atoms with E-state index in [2.05, 4.69) is 5.32 Å². The van der Waals surface area contributed by atoms with Crippen LogP contribution < -0.4 is 9.62 Å². The molecule has 2 aromatic carbocycles. The van der Waals surface area contributed by atoms with Gasteiger partial charge in [0.1, 0.15) is 12.6 Å². The Hall–Kier alpha value is -2.00. The minimum absolute atomic E-state index is 0.0281. The van der Waals surface area contributed by atoms with E-state index in [1.165, 1.54) is 11.0 Å². The van der Waals surface area contributed by atoms with Gasteiger partial charge in [-0.15, -0.1) is 0 Å². The third kappa shape index (κ3) is 7.24. The third-order valence-electron chi connectivity index (χ3n) is 4.98. The summed E-state index contributed by atoms with van der Waals surface area (Å²) in [5.74, 6) is -0.933. The van der Waals surface area contributed by atoms with Gasteiger partial charge in [-0.3, -0.25) is 13.9 Å². The molecule has 0 saturated carbocycles. The number of nitrogens with zero attached hydrogens (tertiary/aromatic N) is 2. The first-order valence-corrected chi connectivity index (χ1v) is 13.1. The first kappa shape index (κ1) is 27.2. The summed E-state index contributed by atoms with van der Waals surface area (Å²) in [6, 6.07) is 8.75. The van der Waals surface area contributed by atoms with E-state index in [-0.39, 0.29) is 18.1 Å². The number of hydrogen-bond donors (Lipinski definition) is 1. The van der Waals surface area contributed by atoms with Gasteiger partial charge in [0.05, 0.1) is 22.0 Å². The summed E-state index contributed by atoms with van der Waals surface area (Å²) < 4.78 is 26.0. The van der Waals surface area contributed by atoms with E-state index < -0.39 is 28.5 Å². The van der Waals surface area contributed by atoms with Gasteiger partial charge in [-0.05, 0) is 56.2 Å². The highest BCUT2D eigenvalue weighted by atomic mass is 35.5. The van der Waals surface area contributed by atoms with Crippen LogP contribution in [0.5, 0.6) is 0 Å². The topological polar surface area (TPSA) is 86.8 Å². The van der Waals surface area contributed by atoms with Crippen LogP contribution in [-0.4, -0.2) is 50.5 Å². The van der Waals surface area contributed by atoms with Crippen LogP contribution in [-0.2, 0) is 26.2 Å². The summed E-state index contributed by atoms with van der Waals surface area (Å²) >= 11 is 18.3. The van der Waals surface area contributed by atoms with Crippen molar-refractivity contribution in [2.75, 3.05) is 23.7 Å². The molecule has 7 nitrogen and oxygen atoms in total. The van der Waals surface area contributed by atoms with E-state index in [0.717, 1.165) is 16.1 Å². The van der Waals surface area contributed by atoms with Crippen molar-refractivity contribution in [1.82, 2.24) is 10.2 Å². The van der Waals surface area contributed by atoms with Crippen molar-refractivity contribution in [3.05, 3.63) is 62.6 Å². The molecule has 0 aromatic heterocycles. The summed E-state index contributed by atoms with van der Waals surface area (Å²) in [6.07, 6.45) is 1.00. The molecule has 0 aliphatic carbocycles. The highest BCUT2D eigenvalue weighted by Crippen LogP contribution is 2.26. The van der Waals surface area contributed by atoms with Gasteiger partial charge in [0.15, 0.2) is 0 Å². The molecule has 1 N–H and O–H groups in total. The number of likely N-dealkylation sites (N-methyl/N-ethyl adjacent to an activating group) is 1. The molecule has 2 amide bonds. The second kappa shape index (κ2) is 11.4. The van der Waals surface area contributed by atoms with Gasteiger partial charge in [-0.1, -0.05) is 46.9 Å². The number of aryl methyl sites for hydroxylation is 1. The van der Waals surface area contributed by atoms with Crippen molar-refractivity contribution < 1.29 is 18.0 Å². The Morgan fingerprint density at radius 3 is 2.24 bits per heavy atom. The summed E-state index contributed by atoms with van der Waals surface area (Å²) in [5.41, 5.74) is 1.66. The molecule has 0 aliphatic heterocycles. The maximum absolute atomic E-state index is 13.4. The lowest BCUT2D eigenvalue weighted by Gasteiger charge is -2.31. The number of carbonyl (C=O) groups excluding carboxylic acids is 2. The minimum atomic E-state index is -3.83. The van der Waals surface area contributed by atoms with Crippen molar-refractivity contribution in [3.8, 4) is 0 Å². The van der Waals surface area contributed by atoms with Gasteiger partial charge >= 0.3 is 0 Å². The SMILES string of the molecule is CCNC(=O)C(C)N(Cc1ccc(Cl)c(Cl)c1)C(=O)CN(c1ccc(C)c(Cl)c1)S(C)(=O)=O. The second-order valence-corrected chi connectivity index (χ2v) is 10.7. The predicted octanol–water partition coefficient (Wildman–Crippen LogP) is 4.27. The lowest BCUT2D eigenvalue weighted by molar-refractivity contribution is -0.139. The fourth-order valence-electron chi connectivity index (χ4n) is 3.09. The molecule has 1 unspecified atom stereocenters. The number of carbonyl (C=O) groups is 2. The molecule has 2 rings (SSSR count). The van der Waals surface area contributed by atoms with E-state index >= 15 is 0 Å². The third-order valence-corrected chi connectivity index (χ3v) is 7.26. The van der Waals surface area contributed by atoms with Crippen molar-refractivity contribution in [2.45, 2.75) is 33.4 Å². The first-order valence-electron chi connectivity index (χ1n) is 10.1. The van der Waals surface area contributed by atoms with Gasteiger partial charge in [-0.25, -0.2) is 8.42 Å². The number of anilines is 1. The standard InChI is InChI=1S/C22H26Cl3N3O4S/c1-5-26-22(30)15(3)27(12-16-7-9-18(23)20(25)10-16)21(29)13-28(33(4,31)32)17-8-6-14(2)19(24)11-17/h6-11,15H,5,12-13H2,1-4H3,(H,26,30). The molecule has 33 heavy (non-hydrogen) atoms. The molecule has 1 atom stereocenters. The Morgan fingerprint density at radius 2 is 1.70 bits per heavy atom. The zero-order valence-corrected chi connectivity index (χ0v) is 21.8. The van der Waals surface area contributed by atoms with Crippen LogP contribution >= 0.6 is 34.8 Å². The summed E-state index contributed by atoms with van der Waals surface area (Å²) in [7, 11) is -3.83. The van der Waals surface area contributed by atoms with E-state index in [9.17, 15) is 18.0 Å². The zero-order valence-electron chi connectivity index (χ0n) is 18.7. The molecule has 180 valence electrons. The average Bonchev–Trinajstić information content (AvgIpc) is 2.73. The van der Waals surface area contributed by atoms with Crippen LogP contribution in [0.25, 0.3) is 0 Å². The molecule has 0 heterocycles. The van der Waals surface area contributed by atoms with Gasteiger partial charge in [-0.2, -0.15) is 0 Å². The minimum Gasteiger partial charge on any atom is -0.355 e. The highest BCUT2D eigenvalue weighted by Gasteiger charge is 2.30. The lowest BCUT2D eigenvalue weighted by atomic mass is 10.1. The molecule has 0 fully saturated rings. The number of hydrogen-bond acceptors (Lipinski definition) is 4.